The molecule has 3 rings (SSSR count). The molecule has 0 aliphatic carbocycles. The van der Waals surface area contributed by atoms with E-state index in [-0.39, 0.29) is 22.3 Å². The Morgan fingerprint density at radius 3 is 2.00 bits per heavy atom. The third-order valence-electron chi connectivity index (χ3n) is 3.50. The second-order valence-electron chi connectivity index (χ2n) is 5.19. The Morgan fingerprint density at radius 1 is 0.793 bits per heavy atom. The maximum absolute atomic E-state index is 13.0. The monoisotopic (exact) mass is 405 g/mol. The van der Waals surface area contributed by atoms with Crippen molar-refractivity contribution in [2.24, 2.45) is 0 Å². The average Bonchev–Trinajstić information content (AvgIpc) is 2.61. The first kappa shape index (κ1) is 19.0. The Morgan fingerprint density at radius 2 is 1.41 bits per heavy atom. The topological polar surface area (TPSA) is 187 Å². The first-order valence-corrected chi connectivity index (χ1v) is 7.43. The highest BCUT2D eigenvalue weighted by Crippen LogP contribution is 2.34. The van der Waals surface area contributed by atoms with E-state index in [1.54, 1.807) is 0 Å². The molecule has 0 saturated heterocycles. The van der Waals surface area contributed by atoms with Crippen LogP contribution in [0.2, 0.25) is 0 Å². The fourth-order valence-corrected chi connectivity index (χ4v) is 2.49. The minimum atomic E-state index is -1.21. The molecule has 0 atom stereocenters. The minimum absolute atomic E-state index is 0.00380. The van der Waals surface area contributed by atoms with Gasteiger partial charge in [0.15, 0.2) is 0 Å². The van der Waals surface area contributed by atoms with Crippen molar-refractivity contribution in [1.29, 1.82) is 0 Å². The van der Waals surface area contributed by atoms with Gasteiger partial charge in [-0.1, -0.05) is 18.2 Å². The third-order valence-corrected chi connectivity index (χ3v) is 3.50. The van der Waals surface area contributed by atoms with Gasteiger partial charge in [-0.25, -0.2) is 4.84 Å². The van der Waals surface area contributed by atoms with Gasteiger partial charge < -0.3 is 4.42 Å². The Hall–Kier alpha value is -4.75. The highest BCUT2D eigenvalue weighted by atomic mass is 17.0. The molecule has 0 bridgehead atoms. The summed E-state index contributed by atoms with van der Waals surface area (Å²) >= 11 is 0. The molecule has 0 amide bonds. The van der Waals surface area contributed by atoms with Gasteiger partial charge in [-0.2, -0.15) is 0 Å². The van der Waals surface area contributed by atoms with Crippen molar-refractivity contribution in [2.45, 2.75) is 0 Å². The molecule has 29 heavy (non-hydrogen) atoms. The van der Waals surface area contributed by atoms with Gasteiger partial charge >= 0.3 is 5.09 Å². The summed E-state index contributed by atoms with van der Waals surface area (Å²) in [6, 6.07) is 8.24. The number of hydrogen-bond donors (Lipinski definition) is 0. The maximum Gasteiger partial charge on any atom is 0.302 e. The summed E-state index contributed by atoms with van der Waals surface area (Å²) in [5, 5.41) is 28.1. The number of fused-ring (bicyclic) bond motifs is 1. The predicted octanol–water partition coefficient (Wildman–Crippen LogP) is 2.17. The zero-order valence-electron chi connectivity index (χ0n) is 13.9. The summed E-state index contributed by atoms with van der Waals surface area (Å²) in [5.41, 5.74) is -1.64. The SMILES string of the molecule is O=c1c(-c2ccc(O[N+](=O)[O-])cc2)c(O[N+](=O)[O-])oc2cccc(O[N+](=O)[O-])c12. The zero-order chi connectivity index (χ0) is 21.1. The molecule has 3 aromatic rings. The summed E-state index contributed by atoms with van der Waals surface area (Å²) in [6.45, 7) is 0. The van der Waals surface area contributed by atoms with Gasteiger partial charge in [0, 0.05) is 0 Å². The Balaban J connectivity index is 2.26. The van der Waals surface area contributed by atoms with Crippen LogP contribution in [-0.2, 0) is 0 Å². The van der Waals surface area contributed by atoms with Crippen LogP contribution in [-0.4, -0.2) is 15.3 Å². The van der Waals surface area contributed by atoms with E-state index in [4.69, 9.17) is 4.42 Å². The number of benzene rings is 2. The van der Waals surface area contributed by atoms with E-state index < -0.39 is 37.9 Å². The second-order valence-corrected chi connectivity index (χ2v) is 5.19. The zero-order valence-corrected chi connectivity index (χ0v) is 13.9. The van der Waals surface area contributed by atoms with Gasteiger partial charge in [-0.15, -0.1) is 30.3 Å². The molecule has 0 fully saturated rings. The van der Waals surface area contributed by atoms with Gasteiger partial charge in [0.1, 0.15) is 17.1 Å². The molecule has 0 aliphatic rings. The molecule has 0 unspecified atom stereocenters. The molecule has 0 N–H and O–H groups in total. The minimum Gasteiger partial charge on any atom is -0.435 e. The van der Waals surface area contributed by atoms with Crippen molar-refractivity contribution >= 4 is 11.0 Å². The maximum atomic E-state index is 13.0. The molecular formula is C15H7N3O11. The second kappa shape index (κ2) is 7.47. The van der Waals surface area contributed by atoms with Crippen molar-refractivity contribution in [1.82, 2.24) is 0 Å². The molecule has 2 aromatic carbocycles. The Labute approximate surface area is 157 Å². The Kier molecular flexibility index (Phi) is 4.90. The highest BCUT2D eigenvalue weighted by Gasteiger charge is 2.22. The van der Waals surface area contributed by atoms with Crippen molar-refractivity contribution in [3.8, 4) is 28.6 Å². The molecule has 0 saturated carbocycles. The van der Waals surface area contributed by atoms with Crippen molar-refractivity contribution < 1.29 is 34.2 Å². The van der Waals surface area contributed by atoms with E-state index in [1.165, 1.54) is 24.3 Å². The summed E-state index contributed by atoms with van der Waals surface area (Å²) < 4.78 is 5.25. The molecule has 14 heteroatoms. The lowest BCUT2D eigenvalue weighted by Crippen LogP contribution is -2.14. The largest absolute Gasteiger partial charge is 0.435 e. The average molecular weight is 405 g/mol. The summed E-state index contributed by atoms with van der Waals surface area (Å²) in [5.74, 6) is -1.43. The summed E-state index contributed by atoms with van der Waals surface area (Å²) in [6.07, 6.45) is 0. The van der Waals surface area contributed by atoms with E-state index in [2.05, 4.69) is 14.5 Å². The number of hydrogen-bond acceptors (Lipinski definition) is 11. The van der Waals surface area contributed by atoms with Crippen LogP contribution in [0.1, 0.15) is 0 Å². The van der Waals surface area contributed by atoms with Gasteiger partial charge in [0.25, 0.3) is 16.1 Å². The molecule has 14 nitrogen and oxygen atoms in total. The molecule has 0 spiro atoms. The van der Waals surface area contributed by atoms with Crippen LogP contribution in [0.3, 0.4) is 0 Å². The van der Waals surface area contributed by atoms with Crippen LogP contribution in [0.25, 0.3) is 22.1 Å². The van der Waals surface area contributed by atoms with Crippen LogP contribution >= 0.6 is 0 Å². The summed E-state index contributed by atoms with van der Waals surface area (Å²) in [4.78, 5) is 57.8. The van der Waals surface area contributed by atoms with E-state index in [0.717, 1.165) is 18.2 Å². The standard InChI is InChI=1S/C15H7N3O11/c19-14-12(8-4-6-9(7-5-8)27-16(20)21)15(29-18(24)25)26-10-2-1-3-11(13(10)14)28-17(22)23/h1-7H. The molecule has 1 heterocycles. The number of nitrogens with zero attached hydrogens (tertiary/aromatic N) is 3. The first-order valence-electron chi connectivity index (χ1n) is 7.43. The first-order chi connectivity index (χ1) is 13.8. The Bertz CT molecular complexity index is 1190. The molecule has 0 aliphatic heterocycles. The molecule has 148 valence electrons. The third kappa shape index (κ3) is 4.00. The van der Waals surface area contributed by atoms with Crippen molar-refractivity contribution in [3.05, 3.63) is 83.0 Å². The fourth-order valence-electron chi connectivity index (χ4n) is 2.49. The molecule has 1 aromatic heterocycles. The van der Waals surface area contributed by atoms with Gasteiger partial charge in [0.2, 0.25) is 5.43 Å². The quantitative estimate of drug-likeness (QED) is 0.414. The highest BCUT2D eigenvalue weighted by molar-refractivity contribution is 5.88. The smallest absolute Gasteiger partial charge is 0.302 e. The van der Waals surface area contributed by atoms with E-state index in [0.29, 0.717) is 0 Å². The van der Waals surface area contributed by atoms with Crippen LogP contribution in [0.5, 0.6) is 17.4 Å². The van der Waals surface area contributed by atoms with E-state index >= 15 is 0 Å². The van der Waals surface area contributed by atoms with Crippen LogP contribution in [0, 0.1) is 30.3 Å². The van der Waals surface area contributed by atoms with Crippen LogP contribution in [0.4, 0.5) is 0 Å². The molecular weight excluding hydrogens is 398 g/mol. The predicted molar refractivity (Wildman–Crippen MR) is 90.8 cm³/mol. The lowest BCUT2D eigenvalue weighted by atomic mass is 10.0. The lowest BCUT2D eigenvalue weighted by molar-refractivity contribution is -0.714. The van der Waals surface area contributed by atoms with Crippen LogP contribution < -0.4 is 19.9 Å². The van der Waals surface area contributed by atoms with Gasteiger partial charge in [0.05, 0.1) is 10.9 Å². The van der Waals surface area contributed by atoms with Gasteiger partial charge in [-0.05, 0) is 29.8 Å². The lowest BCUT2D eigenvalue weighted by Gasteiger charge is -2.10. The number of rotatable bonds is 7. The van der Waals surface area contributed by atoms with Gasteiger partial charge in [-0.3, -0.25) is 14.5 Å². The van der Waals surface area contributed by atoms with Crippen LogP contribution in [0.15, 0.2) is 51.7 Å². The molecule has 0 radical (unpaired) electrons. The van der Waals surface area contributed by atoms with Crippen molar-refractivity contribution in [2.75, 3.05) is 0 Å². The summed E-state index contributed by atoms with van der Waals surface area (Å²) in [7, 11) is 0. The van der Waals surface area contributed by atoms with E-state index in [1.807, 2.05) is 0 Å². The fraction of sp³-hybridized carbons (Fsp3) is 0. The van der Waals surface area contributed by atoms with E-state index in [9.17, 15) is 35.1 Å². The normalized spacial score (nSPS) is 10.3. The van der Waals surface area contributed by atoms with Crippen molar-refractivity contribution in [3.63, 3.8) is 0 Å².